The van der Waals surface area contributed by atoms with E-state index in [1.54, 1.807) is 0 Å². The molecule has 0 amide bonds. The first-order chi connectivity index (χ1) is 23.3. The zero-order valence-corrected chi connectivity index (χ0v) is 33.4. The van der Waals surface area contributed by atoms with Crippen LogP contribution >= 0.6 is 0 Å². The summed E-state index contributed by atoms with van der Waals surface area (Å²) in [7, 11) is 0. The smallest absolute Gasteiger partial charge is 0.00528 e. The van der Waals surface area contributed by atoms with E-state index in [2.05, 4.69) is 155 Å². The van der Waals surface area contributed by atoms with E-state index < -0.39 is 0 Å². The Morgan fingerprint density at radius 1 is 0.878 bits per heavy atom. The molecule has 1 aliphatic carbocycles. The summed E-state index contributed by atoms with van der Waals surface area (Å²) in [5, 5.41) is 0. The van der Waals surface area contributed by atoms with Crippen molar-refractivity contribution in [2.24, 2.45) is 16.7 Å². The van der Waals surface area contributed by atoms with E-state index in [-0.39, 0.29) is 10.8 Å². The van der Waals surface area contributed by atoms with Gasteiger partial charge in [0.25, 0.3) is 0 Å². The molecule has 0 nitrogen and oxygen atoms in total. The standard InChI is InChI=1S/C49H70/c1-13-18-38(7)35-49(12,16-4)40(9)34-46(47-30-23-37(6)33-39(47)8)29-27-43-20-17-19-42(41(43)10)26-28-45(31-32-48(11,14-2)15-3)44-24-21-36(5)22-25-44/h21-27,29-34,38,45H,9,13-20,28,35H2,1-8,10-12H3/b29-27+,32-31?,42-26+,46-34-. The maximum Gasteiger partial charge on any atom is 0.00528 e. The lowest BCUT2D eigenvalue weighted by Crippen LogP contribution is -2.20. The van der Waals surface area contributed by atoms with Crippen molar-refractivity contribution in [3.63, 3.8) is 0 Å². The summed E-state index contributed by atoms with van der Waals surface area (Å²) in [6.07, 6.45) is 26.5. The zero-order chi connectivity index (χ0) is 36.2. The summed E-state index contributed by atoms with van der Waals surface area (Å²) in [6, 6.07) is 16.1. The highest BCUT2D eigenvalue weighted by Gasteiger charge is 2.27. The second-order valence-corrected chi connectivity index (χ2v) is 16.0. The van der Waals surface area contributed by atoms with Gasteiger partial charge in [0.2, 0.25) is 0 Å². The van der Waals surface area contributed by atoms with Crippen LogP contribution in [0.25, 0.3) is 5.57 Å². The number of hydrogen-bond donors (Lipinski definition) is 0. The summed E-state index contributed by atoms with van der Waals surface area (Å²) < 4.78 is 0. The predicted octanol–water partition coefficient (Wildman–Crippen LogP) is 15.3. The number of rotatable bonds is 17. The van der Waals surface area contributed by atoms with Crippen LogP contribution in [0.5, 0.6) is 0 Å². The van der Waals surface area contributed by atoms with Crippen molar-refractivity contribution in [2.75, 3.05) is 0 Å². The molecule has 2 aromatic rings. The van der Waals surface area contributed by atoms with Gasteiger partial charge in [0.05, 0.1) is 0 Å². The minimum atomic E-state index is 0.0936. The largest absolute Gasteiger partial charge is 0.0953 e. The van der Waals surface area contributed by atoms with Crippen LogP contribution in [-0.4, -0.2) is 0 Å². The molecule has 0 fully saturated rings. The van der Waals surface area contributed by atoms with Crippen molar-refractivity contribution in [1.29, 1.82) is 0 Å². The van der Waals surface area contributed by atoms with Gasteiger partial charge in [0.1, 0.15) is 0 Å². The monoisotopic (exact) mass is 659 g/mol. The molecule has 3 rings (SSSR count). The van der Waals surface area contributed by atoms with Crippen LogP contribution in [0, 0.1) is 37.5 Å². The third kappa shape index (κ3) is 11.5. The summed E-state index contributed by atoms with van der Waals surface area (Å²) in [4.78, 5) is 0. The van der Waals surface area contributed by atoms with E-state index in [0.717, 1.165) is 25.7 Å². The lowest BCUT2D eigenvalue weighted by Gasteiger charge is -2.33. The second-order valence-electron chi connectivity index (χ2n) is 16.0. The highest BCUT2D eigenvalue weighted by molar-refractivity contribution is 5.79. The SMILES string of the molecule is C=C(/C=C(/C=C/C1=C(C)C(=C/CC(C=CC(C)(CC)CC)c2ccc(C)cc2)/CCC1)c1ccc(C)cc1C)C(C)(CC)CC(C)CCC. The number of hydrogen-bond acceptors (Lipinski definition) is 0. The summed E-state index contributed by atoms with van der Waals surface area (Å²) >= 11 is 0. The first-order valence-corrected chi connectivity index (χ1v) is 19.6. The minimum Gasteiger partial charge on any atom is -0.0953 e. The van der Waals surface area contributed by atoms with Crippen molar-refractivity contribution in [3.8, 4) is 0 Å². The molecule has 0 spiro atoms. The van der Waals surface area contributed by atoms with E-state index in [4.69, 9.17) is 6.58 Å². The van der Waals surface area contributed by atoms with Crippen molar-refractivity contribution < 1.29 is 0 Å². The van der Waals surface area contributed by atoms with Crippen LogP contribution < -0.4 is 0 Å². The third-order valence-electron chi connectivity index (χ3n) is 11.9. The Morgan fingerprint density at radius 3 is 2.16 bits per heavy atom. The van der Waals surface area contributed by atoms with Gasteiger partial charge < -0.3 is 0 Å². The van der Waals surface area contributed by atoms with E-state index in [9.17, 15) is 0 Å². The molecule has 3 unspecified atom stereocenters. The van der Waals surface area contributed by atoms with Crippen LogP contribution in [0.15, 0.2) is 108 Å². The van der Waals surface area contributed by atoms with Gasteiger partial charge in [-0.1, -0.05) is 158 Å². The van der Waals surface area contributed by atoms with Crippen LogP contribution in [0.3, 0.4) is 0 Å². The van der Waals surface area contributed by atoms with Gasteiger partial charge >= 0.3 is 0 Å². The Labute approximate surface area is 303 Å². The normalized spacial score (nSPS) is 18.0. The molecule has 0 heteroatoms. The molecule has 0 radical (unpaired) electrons. The van der Waals surface area contributed by atoms with Gasteiger partial charge in [-0.05, 0) is 140 Å². The Hall–Kier alpha value is -3.12. The average molecular weight is 659 g/mol. The first kappa shape index (κ1) is 40.3. The molecule has 0 saturated heterocycles. The summed E-state index contributed by atoms with van der Waals surface area (Å²) in [6.45, 7) is 30.2. The molecule has 2 aromatic carbocycles. The molecule has 3 atom stereocenters. The van der Waals surface area contributed by atoms with Crippen LogP contribution in [-0.2, 0) is 0 Å². The molecular weight excluding hydrogens is 589 g/mol. The Balaban J connectivity index is 1.99. The second kappa shape index (κ2) is 18.8. The third-order valence-corrected chi connectivity index (χ3v) is 11.9. The van der Waals surface area contributed by atoms with Gasteiger partial charge in [-0.3, -0.25) is 0 Å². The minimum absolute atomic E-state index is 0.0936. The first-order valence-electron chi connectivity index (χ1n) is 19.6. The molecule has 0 aliphatic heterocycles. The predicted molar refractivity (Wildman–Crippen MR) is 220 cm³/mol. The number of benzene rings is 2. The topological polar surface area (TPSA) is 0 Å². The van der Waals surface area contributed by atoms with Gasteiger partial charge in [0.15, 0.2) is 0 Å². The van der Waals surface area contributed by atoms with Crippen LogP contribution in [0.4, 0.5) is 0 Å². The average Bonchev–Trinajstić information content (AvgIpc) is 3.08. The molecule has 0 heterocycles. The molecule has 266 valence electrons. The van der Waals surface area contributed by atoms with E-state index in [1.165, 1.54) is 94.2 Å². The lowest BCUT2D eigenvalue weighted by atomic mass is 9.72. The van der Waals surface area contributed by atoms with Crippen molar-refractivity contribution in [3.05, 3.63) is 136 Å². The molecule has 49 heavy (non-hydrogen) atoms. The van der Waals surface area contributed by atoms with E-state index in [0.29, 0.717) is 11.8 Å². The van der Waals surface area contributed by atoms with Crippen molar-refractivity contribution >= 4 is 5.57 Å². The fraction of sp³-hybridized carbons (Fsp3) is 0.510. The number of allylic oxidation sites excluding steroid dienone is 11. The fourth-order valence-corrected chi connectivity index (χ4v) is 7.53. The molecular formula is C49H70. The Kier molecular flexibility index (Phi) is 15.4. The van der Waals surface area contributed by atoms with Gasteiger partial charge in [-0.15, -0.1) is 0 Å². The molecule has 1 aliphatic rings. The number of aryl methyl sites for hydroxylation is 3. The van der Waals surface area contributed by atoms with Gasteiger partial charge in [-0.25, -0.2) is 0 Å². The molecule has 0 bridgehead atoms. The maximum absolute atomic E-state index is 4.72. The van der Waals surface area contributed by atoms with E-state index >= 15 is 0 Å². The summed E-state index contributed by atoms with van der Waals surface area (Å²) in [5.41, 5.74) is 14.0. The Bertz CT molecular complexity index is 1530. The highest BCUT2D eigenvalue weighted by atomic mass is 14.3. The Morgan fingerprint density at radius 2 is 1.55 bits per heavy atom. The van der Waals surface area contributed by atoms with Crippen LogP contribution in [0.1, 0.15) is 153 Å². The maximum atomic E-state index is 4.72. The molecule has 0 aromatic heterocycles. The molecule has 0 N–H and O–H groups in total. The van der Waals surface area contributed by atoms with Gasteiger partial charge in [0, 0.05) is 5.92 Å². The fourth-order valence-electron chi connectivity index (χ4n) is 7.53. The molecule has 0 saturated carbocycles. The lowest BCUT2D eigenvalue weighted by molar-refractivity contribution is 0.286. The van der Waals surface area contributed by atoms with Crippen molar-refractivity contribution in [1.82, 2.24) is 0 Å². The summed E-state index contributed by atoms with van der Waals surface area (Å²) in [5.74, 6) is 1.08. The van der Waals surface area contributed by atoms with Crippen LogP contribution in [0.2, 0.25) is 0 Å². The highest BCUT2D eigenvalue weighted by Crippen LogP contribution is 2.41. The van der Waals surface area contributed by atoms with Crippen molar-refractivity contribution in [2.45, 2.75) is 146 Å². The quantitative estimate of drug-likeness (QED) is 0.117. The van der Waals surface area contributed by atoms with Gasteiger partial charge in [-0.2, -0.15) is 0 Å². The zero-order valence-electron chi connectivity index (χ0n) is 33.4. The van der Waals surface area contributed by atoms with E-state index in [1.807, 2.05) is 0 Å².